The lowest BCUT2D eigenvalue weighted by Gasteiger charge is -2.38. The van der Waals surface area contributed by atoms with Crippen molar-refractivity contribution in [1.82, 2.24) is 4.90 Å². The Hall–Kier alpha value is -0.340. The molecule has 2 heteroatoms. The van der Waals surface area contributed by atoms with Gasteiger partial charge in [0.1, 0.15) is 0 Å². The fraction of sp³-hybridized carbons (Fsp3) is 0.846. The Morgan fingerprint density at radius 1 is 1.33 bits per heavy atom. The molecule has 0 fully saturated rings. The lowest BCUT2D eigenvalue weighted by atomic mass is 9.81. The first-order valence-corrected chi connectivity index (χ1v) is 6.10. The van der Waals surface area contributed by atoms with Crippen molar-refractivity contribution in [1.29, 1.82) is 0 Å². The number of rotatable bonds is 8. The summed E-state index contributed by atoms with van der Waals surface area (Å²) in [7, 11) is 0. The number of hydrogen-bond donors (Lipinski definition) is 1. The van der Waals surface area contributed by atoms with Crippen molar-refractivity contribution in [3.8, 4) is 0 Å². The van der Waals surface area contributed by atoms with Gasteiger partial charge in [-0.2, -0.15) is 0 Å². The maximum atomic E-state index is 5.92. The molecular weight excluding hydrogens is 184 g/mol. The zero-order valence-corrected chi connectivity index (χ0v) is 10.9. The molecule has 0 bridgehead atoms. The average molecular weight is 212 g/mol. The van der Waals surface area contributed by atoms with E-state index in [0.717, 1.165) is 32.5 Å². The standard InChI is InChI=1S/C13H28N2/c1-6-9-15(12(4)5)11-13(7-2,8-3)10-14/h6,12H,1,7-11,14H2,2-5H3. The van der Waals surface area contributed by atoms with Gasteiger partial charge in [0.15, 0.2) is 0 Å². The van der Waals surface area contributed by atoms with Gasteiger partial charge in [-0.05, 0) is 38.6 Å². The number of hydrogen-bond acceptors (Lipinski definition) is 2. The molecule has 0 saturated carbocycles. The van der Waals surface area contributed by atoms with Gasteiger partial charge in [-0.15, -0.1) is 6.58 Å². The molecule has 0 atom stereocenters. The highest BCUT2D eigenvalue weighted by Crippen LogP contribution is 2.26. The van der Waals surface area contributed by atoms with E-state index in [9.17, 15) is 0 Å². The molecule has 0 rings (SSSR count). The molecule has 0 saturated heterocycles. The van der Waals surface area contributed by atoms with E-state index >= 15 is 0 Å². The van der Waals surface area contributed by atoms with Crippen molar-refractivity contribution in [3.63, 3.8) is 0 Å². The van der Waals surface area contributed by atoms with E-state index in [1.54, 1.807) is 0 Å². The van der Waals surface area contributed by atoms with Crippen LogP contribution in [0.1, 0.15) is 40.5 Å². The quantitative estimate of drug-likeness (QED) is 0.627. The Balaban J connectivity index is 4.52. The topological polar surface area (TPSA) is 29.3 Å². The van der Waals surface area contributed by atoms with E-state index < -0.39 is 0 Å². The van der Waals surface area contributed by atoms with Crippen LogP contribution in [0.15, 0.2) is 12.7 Å². The molecule has 90 valence electrons. The number of nitrogens with two attached hydrogens (primary N) is 1. The second-order valence-electron chi connectivity index (χ2n) is 4.72. The van der Waals surface area contributed by atoms with Gasteiger partial charge in [-0.1, -0.05) is 19.9 Å². The van der Waals surface area contributed by atoms with Gasteiger partial charge in [0, 0.05) is 19.1 Å². The van der Waals surface area contributed by atoms with Crippen LogP contribution in [0.2, 0.25) is 0 Å². The van der Waals surface area contributed by atoms with Crippen LogP contribution in [0.3, 0.4) is 0 Å². The minimum Gasteiger partial charge on any atom is -0.330 e. The fourth-order valence-electron chi connectivity index (χ4n) is 1.88. The summed E-state index contributed by atoms with van der Waals surface area (Å²) in [5.41, 5.74) is 6.21. The van der Waals surface area contributed by atoms with Gasteiger partial charge >= 0.3 is 0 Å². The molecule has 0 aromatic rings. The van der Waals surface area contributed by atoms with Crippen LogP contribution >= 0.6 is 0 Å². The molecular formula is C13H28N2. The fourth-order valence-corrected chi connectivity index (χ4v) is 1.88. The van der Waals surface area contributed by atoms with Gasteiger partial charge in [-0.3, -0.25) is 4.90 Å². The van der Waals surface area contributed by atoms with Crippen LogP contribution in [-0.2, 0) is 0 Å². The van der Waals surface area contributed by atoms with Gasteiger partial charge in [0.25, 0.3) is 0 Å². The van der Waals surface area contributed by atoms with Crippen LogP contribution < -0.4 is 5.73 Å². The first-order valence-electron chi connectivity index (χ1n) is 6.10. The maximum absolute atomic E-state index is 5.92. The summed E-state index contributed by atoms with van der Waals surface area (Å²) in [5, 5.41) is 0. The Morgan fingerprint density at radius 2 is 1.87 bits per heavy atom. The van der Waals surface area contributed by atoms with Crippen molar-refractivity contribution in [3.05, 3.63) is 12.7 Å². The molecule has 0 aliphatic carbocycles. The van der Waals surface area contributed by atoms with Gasteiger partial charge in [0.05, 0.1) is 0 Å². The van der Waals surface area contributed by atoms with Crippen LogP contribution in [0.25, 0.3) is 0 Å². The SMILES string of the molecule is C=CCN(CC(CC)(CC)CN)C(C)C. The molecule has 15 heavy (non-hydrogen) atoms. The maximum Gasteiger partial charge on any atom is 0.0163 e. The average Bonchev–Trinajstić information content (AvgIpc) is 2.24. The normalized spacial score (nSPS) is 12.5. The van der Waals surface area contributed by atoms with Crippen LogP contribution in [0, 0.1) is 5.41 Å². The molecule has 0 unspecified atom stereocenters. The van der Waals surface area contributed by atoms with Gasteiger partial charge in [-0.25, -0.2) is 0 Å². The third-order valence-electron chi connectivity index (χ3n) is 3.57. The van der Waals surface area contributed by atoms with Gasteiger partial charge < -0.3 is 5.73 Å². The second kappa shape index (κ2) is 7.02. The monoisotopic (exact) mass is 212 g/mol. The molecule has 0 aromatic carbocycles. The van der Waals surface area contributed by atoms with Crippen LogP contribution in [0.5, 0.6) is 0 Å². The van der Waals surface area contributed by atoms with Crippen molar-refractivity contribution in [2.75, 3.05) is 19.6 Å². The minimum atomic E-state index is 0.285. The highest BCUT2D eigenvalue weighted by atomic mass is 15.1. The molecule has 0 aliphatic heterocycles. The van der Waals surface area contributed by atoms with Crippen LogP contribution in [0.4, 0.5) is 0 Å². The van der Waals surface area contributed by atoms with E-state index in [0.29, 0.717) is 6.04 Å². The Morgan fingerprint density at radius 3 is 2.13 bits per heavy atom. The first kappa shape index (κ1) is 14.7. The molecule has 0 heterocycles. The summed E-state index contributed by atoms with van der Waals surface area (Å²) < 4.78 is 0. The summed E-state index contributed by atoms with van der Waals surface area (Å²) in [6.07, 6.45) is 4.29. The van der Waals surface area contributed by atoms with Crippen molar-refractivity contribution >= 4 is 0 Å². The third-order valence-corrected chi connectivity index (χ3v) is 3.57. The summed E-state index contributed by atoms with van der Waals surface area (Å²) in [6.45, 7) is 15.6. The molecule has 0 amide bonds. The van der Waals surface area contributed by atoms with E-state index in [1.165, 1.54) is 0 Å². The summed E-state index contributed by atoms with van der Waals surface area (Å²) in [5.74, 6) is 0. The van der Waals surface area contributed by atoms with E-state index in [-0.39, 0.29) is 5.41 Å². The van der Waals surface area contributed by atoms with Gasteiger partial charge in [0.2, 0.25) is 0 Å². The molecule has 2 N–H and O–H groups in total. The minimum absolute atomic E-state index is 0.285. The van der Waals surface area contributed by atoms with E-state index in [1.807, 2.05) is 6.08 Å². The lowest BCUT2D eigenvalue weighted by Crippen LogP contribution is -2.44. The predicted molar refractivity (Wildman–Crippen MR) is 69.0 cm³/mol. The van der Waals surface area contributed by atoms with Crippen LogP contribution in [-0.4, -0.2) is 30.6 Å². The Kier molecular flexibility index (Phi) is 6.86. The zero-order chi connectivity index (χ0) is 11.9. The second-order valence-corrected chi connectivity index (χ2v) is 4.72. The molecule has 0 spiro atoms. The highest BCUT2D eigenvalue weighted by molar-refractivity contribution is 4.85. The smallest absolute Gasteiger partial charge is 0.0163 e. The lowest BCUT2D eigenvalue weighted by molar-refractivity contribution is 0.129. The molecule has 2 nitrogen and oxygen atoms in total. The Labute approximate surface area is 95.5 Å². The van der Waals surface area contributed by atoms with Crippen molar-refractivity contribution in [2.45, 2.75) is 46.6 Å². The van der Waals surface area contributed by atoms with Crippen molar-refractivity contribution in [2.24, 2.45) is 11.1 Å². The summed E-state index contributed by atoms with van der Waals surface area (Å²) in [4.78, 5) is 2.45. The number of nitrogens with zero attached hydrogens (tertiary/aromatic N) is 1. The van der Waals surface area contributed by atoms with E-state index in [2.05, 4.69) is 39.2 Å². The highest BCUT2D eigenvalue weighted by Gasteiger charge is 2.27. The summed E-state index contributed by atoms with van der Waals surface area (Å²) in [6, 6.07) is 0.562. The van der Waals surface area contributed by atoms with E-state index in [4.69, 9.17) is 5.73 Å². The predicted octanol–water partition coefficient (Wildman–Crippen LogP) is 2.65. The zero-order valence-electron chi connectivity index (χ0n) is 10.9. The molecule has 0 aliphatic rings. The largest absolute Gasteiger partial charge is 0.330 e. The molecule has 0 aromatic heterocycles. The first-order chi connectivity index (χ1) is 7.05. The Bertz CT molecular complexity index is 163. The summed E-state index contributed by atoms with van der Waals surface area (Å²) >= 11 is 0. The third kappa shape index (κ3) is 4.35. The van der Waals surface area contributed by atoms with Crippen molar-refractivity contribution < 1.29 is 0 Å². The molecule has 0 radical (unpaired) electrons.